The lowest BCUT2D eigenvalue weighted by atomic mass is 10.1. The summed E-state index contributed by atoms with van der Waals surface area (Å²) in [5.74, 6) is -0.712. The van der Waals surface area contributed by atoms with Crippen LogP contribution in [-0.2, 0) is 4.74 Å². The Labute approximate surface area is 135 Å². The molecule has 0 spiro atoms. The molecule has 0 unspecified atom stereocenters. The van der Waals surface area contributed by atoms with E-state index >= 15 is 0 Å². The standard InChI is InChI=1S/C15H14BrNO3S/c1-8-4-5-10(6-11(8)16)14(18)17-12-9(2)7-21-13(12)15(19)20-3/h4-7H,1-3H3,(H,17,18). The molecule has 1 aromatic heterocycles. The molecule has 2 rings (SSSR count). The fraction of sp³-hybridized carbons (Fsp3) is 0.200. The average Bonchev–Trinajstić information content (AvgIpc) is 2.82. The molecule has 0 bridgehead atoms. The maximum Gasteiger partial charge on any atom is 0.350 e. The molecular weight excluding hydrogens is 354 g/mol. The van der Waals surface area contributed by atoms with Gasteiger partial charge in [-0.05, 0) is 42.5 Å². The minimum absolute atomic E-state index is 0.262. The van der Waals surface area contributed by atoms with Gasteiger partial charge in [0.15, 0.2) is 0 Å². The largest absolute Gasteiger partial charge is 0.465 e. The van der Waals surface area contributed by atoms with Gasteiger partial charge in [-0.15, -0.1) is 11.3 Å². The molecule has 1 heterocycles. The van der Waals surface area contributed by atoms with Crippen molar-refractivity contribution < 1.29 is 14.3 Å². The van der Waals surface area contributed by atoms with E-state index in [1.165, 1.54) is 18.4 Å². The van der Waals surface area contributed by atoms with E-state index < -0.39 is 5.97 Å². The summed E-state index contributed by atoms with van der Waals surface area (Å²) in [5, 5.41) is 4.60. The smallest absolute Gasteiger partial charge is 0.350 e. The highest BCUT2D eigenvalue weighted by Crippen LogP contribution is 2.29. The second-order valence-corrected chi connectivity index (χ2v) is 6.27. The molecule has 0 radical (unpaired) electrons. The maximum atomic E-state index is 12.3. The van der Waals surface area contributed by atoms with E-state index in [1.807, 2.05) is 25.3 Å². The molecule has 1 N–H and O–H groups in total. The van der Waals surface area contributed by atoms with Crippen molar-refractivity contribution in [1.29, 1.82) is 0 Å². The van der Waals surface area contributed by atoms with Gasteiger partial charge in [0.2, 0.25) is 0 Å². The van der Waals surface area contributed by atoms with Crippen molar-refractivity contribution in [2.75, 3.05) is 12.4 Å². The second kappa shape index (κ2) is 6.41. The first-order valence-corrected chi connectivity index (χ1v) is 7.85. The summed E-state index contributed by atoms with van der Waals surface area (Å²) in [5.41, 5.74) is 2.91. The minimum atomic E-state index is -0.450. The zero-order chi connectivity index (χ0) is 15.6. The zero-order valence-electron chi connectivity index (χ0n) is 11.8. The highest BCUT2D eigenvalue weighted by molar-refractivity contribution is 9.10. The summed E-state index contributed by atoms with van der Waals surface area (Å²) in [6.07, 6.45) is 0. The van der Waals surface area contributed by atoms with Gasteiger partial charge in [0.25, 0.3) is 5.91 Å². The molecule has 4 nitrogen and oxygen atoms in total. The van der Waals surface area contributed by atoms with E-state index in [-0.39, 0.29) is 5.91 Å². The Kier molecular flexibility index (Phi) is 4.80. The van der Waals surface area contributed by atoms with Crippen molar-refractivity contribution in [2.24, 2.45) is 0 Å². The van der Waals surface area contributed by atoms with E-state index in [4.69, 9.17) is 4.74 Å². The van der Waals surface area contributed by atoms with Crippen molar-refractivity contribution in [3.8, 4) is 0 Å². The molecule has 0 aliphatic carbocycles. The van der Waals surface area contributed by atoms with Crippen molar-refractivity contribution in [3.05, 3.63) is 49.6 Å². The monoisotopic (exact) mass is 367 g/mol. The Morgan fingerprint density at radius 3 is 2.57 bits per heavy atom. The third-order valence-corrected chi connectivity index (χ3v) is 4.95. The van der Waals surface area contributed by atoms with Gasteiger partial charge in [0.1, 0.15) is 4.88 Å². The molecule has 0 saturated heterocycles. The van der Waals surface area contributed by atoms with Gasteiger partial charge in [-0.2, -0.15) is 0 Å². The summed E-state index contributed by atoms with van der Waals surface area (Å²) in [7, 11) is 1.32. The molecule has 1 aromatic carbocycles. The van der Waals surface area contributed by atoms with Gasteiger partial charge in [-0.1, -0.05) is 22.0 Å². The number of aryl methyl sites for hydroxylation is 2. The Balaban J connectivity index is 2.29. The van der Waals surface area contributed by atoms with Gasteiger partial charge in [-0.3, -0.25) is 4.79 Å². The number of hydrogen-bond donors (Lipinski definition) is 1. The molecule has 110 valence electrons. The van der Waals surface area contributed by atoms with E-state index in [0.717, 1.165) is 15.6 Å². The number of methoxy groups -OCH3 is 1. The molecule has 0 aliphatic heterocycles. The van der Waals surface area contributed by atoms with Crippen LogP contribution < -0.4 is 5.32 Å². The highest BCUT2D eigenvalue weighted by atomic mass is 79.9. The highest BCUT2D eigenvalue weighted by Gasteiger charge is 2.19. The van der Waals surface area contributed by atoms with Crippen molar-refractivity contribution in [2.45, 2.75) is 13.8 Å². The van der Waals surface area contributed by atoms with Crippen LogP contribution in [-0.4, -0.2) is 19.0 Å². The summed E-state index contributed by atoms with van der Waals surface area (Å²) < 4.78 is 5.59. The Hall–Kier alpha value is -1.66. The van der Waals surface area contributed by atoms with Crippen LogP contribution >= 0.6 is 27.3 Å². The van der Waals surface area contributed by atoms with Crippen molar-refractivity contribution >= 4 is 44.8 Å². The number of halogens is 1. The zero-order valence-corrected chi connectivity index (χ0v) is 14.2. The number of carbonyl (C=O) groups is 2. The third-order valence-electron chi connectivity index (χ3n) is 3.02. The molecule has 0 fully saturated rings. The number of amides is 1. The van der Waals surface area contributed by atoms with Crippen LogP contribution in [0.3, 0.4) is 0 Å². The fourth-order valence-electron chi connectivity index (χ4n) is 1.76. The Morgan fingerprint density at radius 2 is 1.95 bits per heavy atom. The lowest BCUT2D eigenvalue weighted by molar-refractivity contribution is 0.0607. The van der Waals surface area contributed by atoms with Gasteiger partial charge < -0.3 is 10.1 Å². The number of thiophene rings is 1. The molecular formula is C15H14BrNO3S. The van der Waals surface area contributed by atoms with Gasteiger partial charge >= 0.3 is 5.97 Å². The van der Waals surface area contributed by atoms with Gasteiger partial charge in [-0.25, -0.2) is 4.79 Å². The lowest BCUT2D eigenvalue weighted by Crippen LogP contribution is -2.14. The number of esters is 1. The minimum Gasteiger partial charge on any atom is -0.465 e. The quantitative estimate of drug-likeness (QED) is 0.828. The first kappa shape index (κ1) is 15.7. The molecule has 0 atom stereocenters. The van der Waals surface area contributed by atoms with Crippen LogP contribution in [0.1, 0.15) is 31.2 Å². The van der Waals surface area contributed by atoms with Crippen LogP contribution in [0.2, 0.25) is 0 Å². The third kappa shape index (κ3) is 3.33. The first-order chi connectivity index (χ1) is 9.93. The summed E-state index contributed by atoms with van der Waals surface area (Å²) >= 11 is 4.66. The number of anilines is 1. The number of benzene rings is 1. The summed E-state index contributed by atoms with van der Waals surface area (Å²) in [4.78, 5) is 24.4. The van der Waals surface area contributed by atoms with E-state index in [9.17, 15) is 9.59 Å². The number of nitrogens with one attached hydrogen (secondary N) is 1. The van der Waals surface area contributed by atoms with Crippen LogP contribution in [0.25, 0.3) is 0 Å². The van der Waals surface area contributed by atoms with Crippen LogP contribution in [0, 0.1) is 13.8 Å². The Morgan fingerprint density at radius 1 is 1.24 bits per heavy atom. The van der Waals surface area contributed by atoms with Gasteiger partial charge in [0.05, 0.1) is 12.8 Å². The summed E-state index contributed by atoms with van der Waals surface area (Å²) in [6.45, 7) is 3.79. The SMILES string of the molecule is COC(=O)c1scc(C)c1NC(=O)c1ccc(C)c(Br)c1. The molecule has 0 saturated carbocycles. The fourth-order valence-corrected chi connectivity index (χ4v) is 3.06. The van der Waals surface area contributed by atoms with E-state index in [0.29, 0.717) is 16.1 Å². The Bertz CT molecular complexity index is 709. The lowest BCUT2D eigenvalue weighted by Gasteiger charge is -2.08. The van der Waals surface area contributed by atoms with Crippen LogP contribution in [0.5, 0.6) is 0 Å². The van der Waals surface area contributed by atoms with E-state index in [2.05, 4.69) is 21.2 Å². The molecule has 0 aliphatic rings. The van der Waals surface area contributed by atoms with Crippen LogP contribution in [0.15, 0.2) is 28.1 Å². The topological polar surface area (TPSA) is 55.4 Å². The normalized spacial score (nSPS) is 10.3. The summed E-state index contributed by atoms with van der Waals surface area (Å²) in [6, 6.07) is 5.36. The first-order valence-electron chi connectivity index (χ1n) is 6.18. The molecule has 2 aromatic rings. The molecule has 1 amide bonds. The van der Waals surface area contributed by atoms with E-state index in [1.54, 1.807) is 12.1 Å². The molecule has 21 heavy (non-hydrogen) atoms. The predicted octanol–water partition coefficient (Wildman–Crippen LogP) is 4.17. The predicted molar refractivity (Wildman–Crippen MR) is 87.2 cm³/mol. The maximum absolute atomic E-state index is 12.3. The number of carbonyl (C=O) groups excluding carboxylic acids is 2. The van der Waals surface area contributed by atoms with Crippen molar-refractivity contribution in [3.63, 3.8) is 0 Å². The van der Waals surface area contributed by atoms with Crippen molar-refractivity contribution in [1.82, 2.24) is 0 Å². The molecule has 6 heteroatoms. The second-order valence-electron chi connectivity index (χ2n) is 4.53. The van der Waals surface area contributed by atoms with Gasteiger partial charge in [0, 0.05) is 10.0 Å². The number of rotatable bonds is 3. The number of ether oxygens (including phenoxy) is 1. The number of hydrogen-bond acceptors (Lipinski definition) is 4. The van der Waals surface area contributed by atoms with Crippen LogP contribution in [0.4, 0.5) is 5.69 Å². The average molecular weight is 368 g/mol.